The molecule has 22 heavy (non-hydrogen) atoms. The molecule has 0 aliphatic heterocycles. The van der Waals surface area contributed by atoms with Crippen molar-refractivity contribution in [3.05, 3.63) is 35.9 Å². The minimum absolute atomic E-state index is 0.0635. The maximum Gasteiger partial charge on any atom is 0.308 e. The van der Waals surface area contributed by atoms with Gasteiger partial charge >= 0.3 is 5.97 Å². The number of hydrogen-bond acceptors (Lipinski definition) is 4. The molecule has 1 rings (SSSR count). The number of ether oxygens (including phenoxy) is 1. The average molecular weight is 302 g/mol. The Morgan fingerprint density at radius 2 is 1.95 bits per heavy atom. The molecular weight excluding hydrogens is 284 g/mol. The van der Waals surface area contributed by atoms with Crippen LogP contribution in [0.4, 0.5) is 0 Å². The Morgan fingerprint density at radius 1 is 1.27 bits per heavy atom. The summed E-state index contributed by atoms with van der Waals surface area (Å²) in [6.45, 7) is 1.05. The summed E-state index contributed by atoms with van der Waals surface area (Å²) in [5.41, 5.74) is 0.784. The first kappa shape index (κ1) is 17.2. The van der Waals surface area contributed by atoms with Crippen LogP contribution < -0.4 is 10.6 Å². The van der Waals surface area contributed by atoms with Gasteiger partial charge in [0.15, 0.2) is 6.61 Å². The highest BCUT2D eigenvalue weighted by atomic mass is 16.5. The number of benzene rings is 1. The number of amides is 2. The van der Waals surface area contributed by atoms with Gasteiger partial charge in [-0.3, -0.25) is 14.4 Å². The number of carbonyl (C=O) groups excluding carboxylic acids is 3. The number of hydrogen-bond donors (Lipinski definition) is 2. The Morgan fingerprint density at radius 3 is 2.55 bits per heavy atom. The molecule has 0 aromatic heterocycles. The Bertz CT molecular complexity index is 563. The smallest absolute Gasteiger partial charge is 0.308 e. The fraction of sp³-hybridized carbons (Fsp3) is 0.312. The van der Waals surface area contributed by atoms with Crippen LogP contribution in [0.3, 0.4) is 0 Å². The highest BCUT2D eigenvalue weighted by molar-refractivity contribution is 5.81. The Labute approximate surface area is 129 Å². The Kier molecular flexibility index (Phi) is 7.20. The van der Waals surface area contributed by atoms with Gasteiger partial charge in [0, 0.05) is 6.92 Å². The summed E-state index contributed by atoms with van der Waals surface area (Å²) in [6, 6.07) is 8.55. The fourth-order valence-electron chi connectivity index (χ4n) is 1.76. The van der Waals surface area contributed by atoms with E-state index in [1.54, 1.807) is 12.1 Å². The van der Waals surface area contributed by atoms with Crippen molar-refractivity contribution in [1.29, 1.82) is 0 Å². The number of nitrogens with one attached hydrogen (secondary N) is 2. The lowest BCUT2D eigenvalue weighted by Gasteiger charge is -2.17. The van der Waals surface area contributed by atoms with Crippen molar-refractivity contribution < 1.29 is 19.1 Å². The van der Waals surface area contributed by atoms with E-state index in [2.05, 4.69) is 16.6 Å². The van der Waals surface area contributed by atoms with Gasteiger partial charge in [-0.2, -0.15) is 0 Å². The first-order chi connectivity index (χ1) is 10.5. The van der Waals surface area contributed by atoms with Gasteiger partial charge in [0.25, 0.3) is 5.91 Å². The van der Waals surface area contributed by atoms with Crippen LogP contribution >= 0.6 is 0 Å². The summed E-state index contributed by atoms with van der Waals surface area (Å²) in [5, 5.41) is 5.07. The van der Waals surface area contributed by atoms with Gasteiger partial charge in [-0.15, -0.1) is 6.42 Å². The van der Waals surface area contributed by atoms with Crippen molar-refractivity contribution >= 4 is 17.8 Å². The van der Waals surface area contributed by atoms with E-state index >= 15 is 0 Å². The molecule has 0 radical (unpaired) electrons. The van der Waals surface area contributed by atoms with Crippen molar-refractivity contribution in [3.8, 4) is 12.3 Å². The van der Waals surface area contributed by atoms with E-state index in [4.69, 9.17) is 11.2 Å². The second-order valence-electron chi connectivity index (χ2n) is 4.51. The Hall–Kier alpha value is -2.81. The molecule has 0 bridgehead atoms. The van der Waals surface area contributed by atoms with Gasteiger partial charge in [0.05, 0.1) is 19.0 Å². The van der Waals surface area contributed by atoms with Crippen LogP contribution in [0, 0.1) is 12.3 Å². The molecule has 1 aromatic carbocycles. The van der Waals surface area contributed by atoms with E-state index in [9.17, 15) is 14.4 Å². The van der Waals surface area contributed by atoms with Gasteiger partial charge in [-0.05, 0) is 5.56 Å². The van der Waals surface area contributed by atoms with Crippen molar-refractivity contribution in [2.45, 2.75) is 19.4 Å². The minimum Gasteiger partial charge on any atom is -0.456 e. The number of carbonyl (C=O) groups is 3. The highest BCUT2D eigenvalue weighted by Gasteiger charge is 2.18. The molecule has 6 heteroatoms. The predicted molar refractivity (Wildman–Crippen MR) is 80.4 cm³/mol. The van der Waals surface area contributed by atoms with E-state index in [1.165, 1.54) is 6.92 Å². The van der Waals surface area contributed by atoms with Crippen molar-refractivity contribution in [3.63, 3.8) is 0 Å². The topological polar surface area (TPSA) is 84.5 Å². The lowest BCUT2D eigenvalue weighted by atomic mass is 10.0. The van der Waals surface area contributed by atoms with Gasteiger partial charge in [0.1, 0.15) is 0 Å². The van der Waals surface area contributed by atoms with E-state index < -0.39 is 24.5 Å². The zero-order valence-electron chi connectivity index (χ0n) is 12.3. The third-order valence-corrected chi connectivity index (χ3v) is 2.70. The maximum atomic E-state index is 11.8. The van der Waals surface area contributed by atoms with Crippen LogP contribution in [0.25, 0.3) is 0 Å². The first-order valence-corrected chi connectivity index (χ1v) is 6.70. The van der Waals surface area contributed by atoms with Gasteiger partial charge < -0.3 is 15.4 Å². The molecule has 1 aromatic rings. The molecule has 0 aliphatic rings. The van der Waals surface area contributed by atoms with Crippen LogP contribution in [0.5, 0.6) is 0 Å². The van der Waals surface area contributed by atoms with E-state index in [0.29, 0.717) is 0 Å². The second kappa shape index (κ2) is 9.19. The summed E-state index contributed by atoms with van der Waals surface area (Å²) in [4.78, 5) is 34.3. The summed E-state index contributed by atoms with van der Waals surface area (Å²) in [5.74, 6) is 0.930. The fourth-order valence-corrected chi connectivity index (χ4v) is 1.76. The van der Waals surface area contributed by atoms with E-state index in [1.807, 2.05) is 18.2 Å². The van der Waals surface area contributed by atoms with E-state index in [-0.39, 0.29) is 18.9 Å². The van der Waals surface area contributed by atoms with Crippen LogP contribution in [-0.2, 0) is 19.1 Å². The van der Waals surface area contributed by atoms with Crippen molar-refractivity contribution in [2.24, 2.45) is 0 Å². The third-order valence-electron chi connectivity index (χ3n) is 2.70. The molecule has 2 amide bonds. The van der Waals surface area contributed by atoms with Crippen LogP contribution in [-0.4, -0.2) is 30.9 Å². The van der Waals surface area contributed by atoms with Crippen molar-refractivity contribution in [1.82, 2.24) is 10.6 Å². The molecule has 116 valence electrons. The zero-order chi connectivity index (χ0) is 16.4. The van der Waals surface area contributed by atoms with Gasteiger partial charge in [-0.1, -0.05) is 36.3 Å². The largest absolute Gasteiger partial charge is 0.456 e. The molecule has 0 aliphatic carbocycles. The lowest BCUT2D eigenvalue weighted by Crippen LogP contribution is -2.31. The normalized spacial score (nSPS) is 10.9. The SMILES string of the molecule is C#CCNC(=O)COC(=O)C[C@@H](NC(C)=O)c1ccccc1. The molecule has 1 atom stereocenters. The first-order valence-electron chi connectivity index (χ1n) is 6.70. The second-order valence-corrected chi connectivity index (χ2v) is 4.51. The molecule has 2 N–H and O–H groups in total. The summed E-state index contributed by atoms with van der Waals surface area (Å²) in [6.07, 6.45) is 4.93. The maximum absolute atomic E-state index is 11.8. The lowest BCUT2D eigenvalue weighted by molar-refractivity contribution is -0.149. The van der Waals surface area contributed by atoms with Crippen LogP contribution in [0.15, 0.2) is 30.3 Å². The molecule has 0 heterocycles. The number of rotatable bonds is 7. The molecule has 0 spiro atoms. The van der Waals surface area contributed by atoms with E-state index in [0.717, 1.165) is 5.56 Å². The molecule has 6 nitrogen and oxygen atoms in total. The number of terminal acetylenes is 1. The quantitative estimate of drug-likeness (QED) is 0.569. The molecular formula is C16H18N2O4. The molecule has 0 fully saturated rings. The molecule has 0 saturated heterocycles. The molecule has 0 saturated carbocycles. The molecule has 0 unspecified atom stereocenters. The monoisotopic (exact) mass is 302 g/mol. The summed E-state index contributed by atoms with van der Waals surface area (Å²) >= 11 is 0. The average Bonchev–Trinajstić information content (AvgIpc) is 2.50. The minimum atomic E-state index is -0.585. The highest BCUT2D eigenvalue weighted by Crippen LogP contribution is 2.17. The van der Waals surface area contributed by atoms with Crippen LogP contribution in [0.2, 0.25) is 0 Å². The summed E-state index contributed by atoms with van der Waals surface area (Å²) in [7, 11) is 0. The van der Waals surface area contributed by atoms with Gasteiger partial charge in [-0.25, -0.2) is 0 Å². The summed E-state index contributed by atoms with van der Waals surface area (Å²) < 4.78 is 4.86. The Balaban J connectivity index is 2.55. The standard InChI is InChI=1S/C16H18N2O4/c1-3-9-17-15(20)11-22-16(21)10-14(18-12(2)19)13-7-5-4-6-8-13/h1,4-8,14H,9-11H2,2H3,(H,17,20)(H,18,19)/t14-/m1/s1. The van der Waals surface area contributed by atoms with Gasteiger partial charge in [0.2, 0.25) is 5.91 Å². The number of esters is 1. The zero-order valence-corrected chi connectivity index (χ0v) is 12.3. The van der Waals surface area contributed by atoms with Crippen LogP contribution in [0.1, 0.15) is 24.9 Å². The van der Waals surface area contributed by atoms with Crippen molar-refractivity contribution in [2.75, 3.05) is 13.2 Å². The third kappa shape index (κ3) is 6.57. The predicted octanol–water partition coefficient (Wildman–Crippen LogP) is 0.547.